The van der Waals surface area contributed by atoms with Crippen LogP contribution in [-0.4, -0.2) is 33.3 Å². The van der Waals surface area contributed by atoms with Crippen molar-refractivity contribution in [3.63, 3.8) is 0 Å². The summed E-state index contributed by atoms with van der Waals surface area (Å²) in [5.74, 6) is 1.01. The molecule has 6 heteroatoms. The van der Waals surface area contributed by atoms with Gasteiger partial charge < -0.3 is 10.6 Å². The van der Waals surface area contributed by atoms with Crippen molar-refractivity contribution < 1.29 is 4.79 Å². The Balaban J connectivity index is 1.82. The second kappa shape index (κ2) is 6.01. The number of carbonyl (C=O) groups excluding carboxylic acids is 1. The molecule has 1 unspecified atom stereocenters. The molecule has 0 spiro atoms. The molecule has 1 aromatic carbocycles. The summed E-state index contributed by atoms with van der Waals surface area (Å²) in [6.45, 7) is 0.780. The smallest absolute Gasteiger partial charge is 0.240 e. The summed E-state index contributed by atoms with van der Waals surface area (Å²) in [5.41, 5.74) is 6.56. The highest BCUT2D eigenvalue weighted by Crippen LogP contribution is 2.23. The zero-order valence-corrected chi connectivity index (χ0v) is 12.5. The number of nitrogens with zero attached hydrogens (tertiary/aromatic N) is 4. The van der Waals surface area contributed by atoms with Crippen molar-refractivity contribution in [2.45, 2.75) is 18.9 Å². The summed E-state index contributed by atoms with van der Waals surface area (Å²) in [6.07, 6.45) is 5.55. The van der Waals surface area contributed by atoms with E-state index in [1.165, 1.54) is 0 Å². The van der Waals surface area contributed by atoms with Crippen molar-refractivity contribution in [1.29, 1.82) is 0 Å². The normalized spacial score (nSPS) is 18.2. The Morgan fingerprint density at radius 2 is 2.09 bits per heavy atom. The lowest BCUT2D eigenvalue weighted by molar-refractivity contribution is -0.119. The van der Waals surface area contributed by atoms with Gasteiger partial charge in [-0.05, 0) is 24.5 Å². The van der Waals surface area contributed by atoms with Gasteiger partial charge >= 0.3 is 0 Å². The minimum atomic E-state index is -0.304. The van der Waals surface area contributed by atoms with Gasteiger partial charge in [0, 0.05) is 13.6 Å². The van der Waals surface area contributed by atoms with Crippen molar-refractivity contribution in [1.82, 2.24) is 14.8 Å². The van der Waals surface area contributed by atoms with E-state index in [-0.39, 0.29) is 11.9 Å². The summed E-state index contributed by atoms with van der Waals surface area (Å²) in [7, 11) is 1.83. The predicted octanol–water partition coefficient (Wildman–Crippen LogP) is 1.44. The Morgan fingerprint density at radius 1 is 1.32 bits per heavy atom. The number of hydrogen-bond donors (Lipinski definition) is 1. The Bertz CT molecular complexity index is 692. The van der Waals surface area contributed by atoms with Gasteiger partial charge in [0.15, 0.2) is 5.82 Å². The van der Waals surface area contributed by atoms with Crippen LogP contribution in [0, 0.1) is 0 Å². The minimum absolute atomic E-state index is 0.283. The van der Waals surface area contributed by atoms with E-state index in [1.807, 2.05) is 54.4 Å². The molecule has 1 saturated heterocycles. The number of hydrogen-bond acceptors (Lipinski definition) is 4. The van der Waals surface area contributed by atoms with Gasteiger partial charge in [-0.3, -0.25) is 4.79 Å². The molecule has 22 heavy (non-hydrogen) atoms. The number of carbonyl (C=O) groups is 1. The van der Waals surface area contributed by atoms with Crippen LogP contribution in [0.5, 0.6) is 0 Å². The van der Waals surface area contributed by atoms with Gasteiger partial charge in [0.05, 0.1) is 0 Å². The molecule has 6 nitrogen and oxygen atoms in total. The van der Waals surface area contributed by atoms with Gasteiger partial charge in [-0.1, -0.05) is 36.4 Å². The lowest BCUT2D eigenvalue weighted by Crippen LogP contribution is -2.41. The number of anilines is 1. The maximum absolute atomic E-state index is 11.5. The third kappa shape index (κ3) is 2.86. The van der Waals surface area contributed by atoms with Crippen LogP contribution in [0.2, 0.25) is 0 Å². The van der Waals surface area contributed by atoms with Gasteiger partial charge in [0.1, 0.15) is 6.04 Å². The van der Waals surface area contributed by atoms with E-state index in [4.69, 9.17) is 5.73 Å². The summed E-state index contributed by atoms with van der Waals surface area (Å²) in [5, 5.41) is 4.39. The number of aromatic nitrogens is 3. The van der Waals surface area contributed by atoms with Crippen molar-refractivity contribution >= 4 is 24.0 Å². The van der Waals surface area contributed by atoms with E-state index in [2.05, 4.69) is 10.1 Å². The molecule has 0 radical (unpaired) electrons. The van der Waals surface area contributed by atoms with Crippen LogP contribution in [0.25, 0.3) is 12.2 Å². The predicted molar refractivity (Wildman–Crippen MR) is 85.9 cm³/mol. The van der Waals surface area contributed by atoms with Crippen LogP contribution in [0.15, 0.2) is 30.3 Å². The monoisotopic (exact) mass is 297 g/mol. The Labute approximate surface area is 129 Å². The van der Waals surface area contributed by atoms with Crippen LogP contribution in [-0.2, 0) is 11.8 Å². The first-order chi connectivity index (χ1) is 10.6. The van der Waals surface area contributed by atoms with Crippen LogP contribution >= 0.6 is 0 Å². The molecule has 2 aromatic rings. The van der Waals surface area contributed by atoms with Crippen LogP contribution in [0.4, 0.5) is 5.95 Å². The molecular formula is C16H19N5O. The second-order valence-electron chi connectivity index (χ2n) is 5.39. The third-order valence-electron chi connectivity index (χ3n) is 3.82. The summed E-state index contributed by atoms with van der Waals surface area (Å²) >= 11 is 0. The van der Waals surface area contributed by atoms with E-state index in [0.29, 0.717) is 11.8 Å². The van der Waals surface area contributed by atoms with E-state index in [9.17, 15) is 4.79 Å². The topological polar surface area (TPSA) is 77.0 Å². The minimum Gasteiger partial charge on any atom is -0.368 e. The zero-order chi connectivity index (χ0) is 15.5. The van der Waals surface area contributed by atoms with Gasteiger partial charge in [-0.25, -0.2) is 4.68 Å². The van der Waals surface area contributed by atoms with Crippen molar-refractivity contribution in [2.24, 2.45) is 12.8 Å². The largest absolute Gasteiger partial charge is 0.368 e. The van der Waals surface area contributed by atoms with Crippen LogP contribution < -0.4 is 10.6 Å². The quantitative estimate of drug-likeness (QED) is 0.926. The maximum atomic E-state index is 11.5. The first kappa shape index (κ1) is 14.3. The molecule has 2 heterocycles. The average molecular weight is 297 g/mol. The fraction of sp³-hybridized carbons (Fsp3) is 0.312. The standard InChI is InChI=1S/C16H19N5O/c1-20-16(21-11-5-8-13(21)15(17)22)18-14(19-20)10-9-12-6-3-2-4-7-12/h2-4,6-7,9-10,13H,5,8,11H2,1H3,(H2,17,22)/b10-9+. The molecule has 1 aromatic heterocycles. The molecule has 114 valence electrons. The number of amides is 1. The molecule has 1 amide bonds. The Kier molecular flexibility index (Phi) is 3.91. The Hall–Kier alpha value is -2.63. The summed E-state index contributed by atoms with van der Waals surface area (Å²) in [4.78, 5) is 18.0. The zero-order valence-electron chi connectivity index (χ0n) is 12.5. The number of rotatable bonds is 4. The van der Waals surface area contributed by atoms with Crippen LogP contribution in [0.3, 0.4) is 0 Å². The lowest BCUT2D eigenvalue weighted by Gasteiger charge is -2.21. The molecule has 2 N–H and O–H groups in total. The average Bonchev–Trinajstić information content (AvgIpc) is 3.12. The molecular weight excluding hydrogens is 278 g/mol. The molecule has 0 aliphatic carbocycles. The van der Waals surface area contributed by atoms with E-state index in [0.717, 1.165) is 24.9 Å². The first-order valence-electron chi connectivity index (χ1n) is 7.35. The molecule has 1 fully saturated rings. The second-order valence-corrected chi connectivity index (χ2v) is 5.39. The highest BCUT2D eigenvalue weighted by Gasteiger charge is 2.31. The van der Waals surface area contributed by atoms with Crippen molar-refractivity contribution in [3.8, 4) is 0 Å². The molecule has 0 saturated carbocycles. The van der Waals surface area contributed by atoms with Crippen LogP contribution in [0.1, 0.15) is 24.2 Å². The van der Waals surface area contributed by atoms with Crippen molar-refractivity contribution in [3.05, 3.63) is 41.7 Å². The number of benzene rings is 1. The third-order valence-corrected chi connectivity index (χ3v) is 3.82. The molecule has 3 rings (SSSR count). The van der Waals surface area contributed by atoms with Crippen molar-refractivity contribution in [2.75, 3.05) is 11.4 Å². The fourth-order valence-corrected chi connectivity index (χ4v) is 2.75. The van der Waals surface area contributed by atoms with E-state index >= 15 is 0 Å². The molecule has 1 aliphatic heterocycles. The SMILES string of the molecule is Cn1nc(/C=C/c2ccccc2)nc1N1CCCC1C(N)=O. The number of primary amides is 1. The molecule has 0 bridgehead atoms. The summed E-state index contributed by atoms with van der Waals surface area (Å²) < 4.78 is 1.70. The Morgan fingerprint density at radius 3 is 2.82 bits per heavy atom. The number of aryl methyl sites for hydroxylation is 1. The van der Waals surface area contributed by atoms with E-state index < -0.39 is 0 Å². The molecule has 1 atom stereocenters. The maximum Gasteiger partial charge on any atom is 0.240 e. The fourth-order valence-electron chi connectivity index (χ4n) is 2.75. The highest BCUT2D eigenvalue weighted by molar-refractivity contribution is 5.83. The molecule has 1 aliphatic rings. The van der Waals surface area contributed by atoms with Gasteiger partial charge in [0.25, 0.3) is 0 Å². The first-order valence-corrected chi connectivity index (χ1v) is 7.35. The van der Waals surface area contributed by atoms with E-state index in [1.54, 1.807) is 4.68 Å². The van der Waals surface area contributed by atoms with Gasteiger partial charge in [-0.15, -0.1) is 0 Å². The highest BCUT2D eigenvalue weighted by atomic mass is 16.1. The van der Waals surface area contributed by atoms with Gasteiger partial charge in [0.2, 0.25) is 11.9 Å². The van der Waals surface area contributed by atoms with Gasteiger partial charge in [-0.2, -0.15) is 10.1 Å². The number of nitrogens with two attached hydrogens (primary N) is 1. The summed E-state index contributed by atoms with van der Waals surface area (Å²) in [6, 6.07) is 9.70. The lowest BCUT2D eigenvalue weighted by atomic mass is 10.2.